The van der Waals surface area contributed by atoms with Crippen molar-refractivity contribution in [3.05, 3.63) is 54.1 Å². The molecule has 0 atom stereocenters. The van der Waals surface area contributed by atoms with Gasteiger partial charge in [-0.15, -0.1) is 0 Å². The molecule has 29 heavy (non-hydrogen) atoms. The van der Waals surface area contributed by atoms with Crippen LogP contribution in [-0.2, 0) is 9.53 Å². The summed E-state index contributed by atoms with van der Waals surface area (Å²) in [5, 5.41) is 0. The molecule has 3 rings (SSSR count). The minimum Gasteiger partial charge on any atom is -0.497 e. The van der Waals surface area contributed by atoms with Gasteiger partial charge in [-0.1, -0.05) is 37.5 Å². The van der Waals surface area contributed by atoms with Crippen LogP contribution in [0.1, 0.15) is 42.5 Å². The maximum Gasteiger partial charge on any atom is 0.342 e. The first-order valence-corrected chi connectivity index (χ1v) is 9.90. The third-order valence-electron chi connectivity index (χ3n) is 5.20. The molecule has 0 spiro atoms. The van der Waals surface area contributed by atoms with E-state index in [0.29, 0.717) is 11.5 Å². The zero-order chi connectivity index (χ0) is 20.6. The van der Waals surface area contributed by atoms with E-state index in [1.165, 1.54) is 20.6 Å². The van der Waals surface area contributed by atoms with Crippen LogP contribution in [0.2, 0.25) is 0 Å². The molecule has 0 saturated heterocycles. The van der Waals surface area contributed by atoms with E-state index in [2.05, 4.69) is 0 Å². The van der Waals surface area contributed by atoms with Crippen LogP contribution in [0.15, 0.2) is 48.5 Å². The number of anilines is 1. The van der Waals surface area contributed by atoms with Crippen LogP contribution in [0.25, 0.3) is 0 Å². The Morgan fingerprint density at radius 3 is 2.34 bits per heavy atom. The van der Waals surface area contributed by atoms with Crippen LogP contribution in [0, 0.1) is 0 Å². The van der Waals surface area contributed by atoms with Crippen molar-refractivity contribution in [3.63, 3.8) is 0 Å². The lowest BCUT2D eigenvalue weighted by Crippen LogP contribution is -2.43. The Kier molecular flexibility index (Phi) is 7.11. The van der Waals surface area contributed by atoms with Crippen LogP contribution >= 0.6 is 0 Å². The zero-order valence-electron chi connectivity index (χ0n) is 16.9. The molecule has 0 radical (unpaired) electrons. The van der Waals surface area contributed by atoms with Crippen molar-refractivity contribution in [2.75, 3.05) is 25.7 Å². The second-order valence-electron chi connectivity index (χ2n) is 7.03. The fraction of sp³-hybridized carbons (Fsp3) is 0.391. The summed E-state index contributed by atoms with van der Waals surface area (Å²) in [7, 11) is 3.01. The summed E-state index contributed by atoms with van der Waals surface area (Å²) >= 11 is 0. The van der Waals surface area contributed by atoms with Crippen molar-refractivity contribution in [2.24, 2.45) is 0 Å². The number of para-hydroxylation sites is 1. The van der Waals surface area contributed by atoms with E-state index in [4.69, 9.17) is 14.2 Å². The van der Waals surface area contributed by atoms with Crippen LogP contribution in [0.3, 0.4) is 0 Å². The maximum absolute atomic E-state index is 13.0. The molecule has 2 aromatic carbocycles. The smallest absolute Gasteiger partial charge is 0.342 e. The minimum absolute atomic E-state index is 0.132. The number of methoxy groups -OCH3 is 2. The molecule has 0 aliphatic heterocycles. The number of hydrogen-bond donors (Lipinski definition) is 0. The van der Waals surface area contributed by atoms with Gasteiger partial charge in [0.05, 0.1) is 14.2 Å². The van der Waals surface area contributed by atoms with Crippen molar-refractivity contribution in [1.29, 1.82) is 0 Å². The van der Waals surface area contributed by atoms with Crippen LogP contribution in [0.4, 0.5) is 5.69 Å². The van der Waals surface area contributed by atoms with Gasteiger partial charge in [-0.25, -0.2) is 4.79 Å². The molecule has 1 amide bonds. The average molecular weight is 397 g/mol. The van der Waals surface area contributed by atoms with Crippen molar-refractivity contribution in [2.45, 2.75) is 38.1 Å². The molecular weight excluding hydrogens is 370 g/mol. The third kappa shape index (κ3) is 5.08. The number of esters is 1. The summed E-state index contributed by atoms with van der Waals surface area (Å²) in [6.45, 7) is -0.320. The van der Waals surface area contributed by atoms with Gasteiger partial charge in [-0.05, 0) is 37.1 Å². The molecule has 2 aromatic rings. The largest absolute Gasteiger partial charge is 0.497 e. The Morgan fingerprint density at radius 2 is 1.69 bits per heavy atom. The standard InChI is InChI=1S/C23H27NO5/c1-27-19-13-14-20(21(15-19)28-2)23(26)29-16-22(25)24(17-9-5-3-6-10-17)18-11-7-4-8-12-18/h3,5-6,9-10,13-15,18H,4,7-8,11-12,16H2,1-2H3. The van der Waals surface area contributed by atoms with E-state index in [1.807, 2.05) is 30.3 Å². The Morgan fingerprint density at radius 1 is 0.966 bits per heavy atom. The van der Waals surface area contributed by atoms with E-state index >= 15 is 0 Å². The number of amides is 1. The van der Waals surface area contributed by atoms with Crippen molar-refractivity contribution in [1.82, 2.24) is 0 Å². The summed E-state index contributed by atoms with van der Waals surface area (Å²) in [6, 6.07) is 14.5. The molecule has 6 nitrogen and oxygen atoms in total. The van der Waals surface area contributed by atoms with E-state index in [9.17, 15) is 9.59 Å². The van der Waals surface area contributed by atoms with Gasteiger partial charge in [-0.3, -0.25) is 4.79 Å². The van der Waals surface area contributed by atoms with Gasteiger partial charge < -0.3 is 19.1 Å². The second-order valence-corrected chi connectivity index (χ2v) is 7.03. The van der Waals surface area contributed by atoms with Gasteiger partial charge in [0.1, 0.15) is 17.1 Å². The summed E-state index contributed by atoms with van der Waals surface area (Å²) in [5.41, 5.74) is 1.09. The van der Waals surface area contributed by atoms with Crippen molar-refractivity contribution in [3.8, 4) is 11.5 Å². The Bertz CT molecular complexity index is 830. The first kappa shape index (κ1) is 20.7. The van der Waals surface area contributed by atoms with Gasteiger partial charge in [-0.2, -0.15) is 0 Å². The summed E-state index contributed by atoms with van der Waals surface area (Å²) < 4.78 is 15.7. The SMILES string of the molecule is COc1ccc(C(=O)OCC(=O)N(c2ccccc2)C2CCCCC2)c(OC)c1. The molecule has 1 aliphatic rings. The molecule has 0 aromatic heterocycles. The summed E-state index contributed by atoms with van der Waals surface area (Å²) in [4.78, 5) is 27.4. The van der Waals surface area contributed by atoms with Gasteiger partial charge >= 0.3 is 5.97 Å². The minimum atomic E-state index is -0.602. The monoisotopic (exact) mass is 397 g/mol. The predicted octanol–water partition coefficient (Wildman–Crippen LogP) is 4.23. The number of rotatable bonds is 7. The highest BCUT2D eigenvalue weighted by atomic mass is 16.5. The van der Waals surface area contributed by atoms with Gasteiger partial charge in [0.15, 0.2) is 6.61 Å². The number of carbonyl (C=O) groups excluding carboxylic acids is 2. The zero-order valence-corrected chi connectivity index (χ0v) is 16.9. The first-order chi connectivity index (χ1) is 14.1. The normalized spacial score (nSPS) is 14.1. The molecule has 0 heterocycles. The molecule has 154 valence electrons. The number of nitrogens with zero attached hydrogens (tertiary/aromatic N) is 1. The van der Waals surface area contributed by atoms with E-state index in [0.717, 1.165) is 31.4 Å². The molecule has 1 aliphatic carbocycles. The molecule has 0 unspecified atom stereocenters. The molecule has 1 fully saturated rings. The van der Waals surface area contributed by atoms with Gasteiger partial charge in [0.25, 0.3) is 5.91 Å². The molecule has 6 heteroatoms. The highest BCUT2D eigenvalue weighted by Gasteiger charge is 2.28. The lowest BCUT2D eigenvalue weighted by atomic mass is 9.93. The topological polar surface area (TPSA) is 65.1 Å². The van der Waals surface area contributed by atoms with E-state index < -0.39 is 5.97 Å². The van der Waals surface area contributed by atoms with Gasteiger partial charge in [0.2, 0.25) is 0 Å². The number of hydrogen-bond acceptors (Lipinski definition) is 5. The number of ether oxygens (including phenoxy) is 3. The van der Waals surface area contributed by atoms with Crippen LogP contribution in [-0.4, -0.2) is 38.7 Å². The molecule has 0 bridgehead atoms. The van der Waals surface area contributed by atoms with Crippen molar-refractivity contribution < 1.29 is 23.8 Å². The average Bonchev–Trinajstić information content (AvgIpc) is 2.78. The Labute approximate surface area is 171 Å². The summed E-state index contributed by atoms with van der Waals surface area (Å²) in [6.07, 6.45) is 5.32. The lowest BCUT2D eigenvalue weighted by Gasteiger charge is -2.34. The Balaban J connectivity index is 1.72. The highest BCUT2D eigenvalue weighted by Crippen LogP contribution is 2.28. The molecule has 1 saturated carbocycles. The van der Waals surface area contributed by atoms with E-state index in [-0.39, 0.29) is 24.1 Å². The van der Waals surface area contributed by atoms with Crippen LogP contribution < -0.4 is 14.4 Å². The molecular formula is C23H27NO5. The second kappa shape index (κ2) is 9.96. The Hall–Kier alpha value is -3.02. The van der Waals surface area contributed by atoms with Gasteiger partial charge in [0, 0.05) is 17.8 Å². The quantitative estimate of drug-likeness (QED) is 0.654. The fourth-order valence-electron chi connectivity index (χ4n) is 3.73. The number of benzene rings is 2. The maximum atomic E-state index is 13.0. The predicted molar refractivity (Wildman–Crippen MR) is 111 cm³/mol. The first-order valence-electron chi connectivity index (χ1n) is 9.90. The highest BCUT2D eigenvalue weighted by molar-refractivity contribution is 5.98. The number of carbonyl (C=O) groups is 2. The summed E-state index contributed by atoms with van der Waals surface area (Å²) in [5.74, 6) is 0.0921. The fourth-order valence-corrected chi connectivity index (χ4v) is 3.73. The third-order valence-corrected chi connectivity index (χ3v) is 5.20. The van der Waals surface area contributed by atoms with Crippen molar-refractivity contribution >= 4 is 17.6 Å². The molecule has 0 N–H and O–H groups in total. The lowest BCUT2D eigenvalue weighted by molar-refractivity contribution is -0.122. The van der Waals surface area contributed by atoms with Crippen LogP contribution in [0.5, 0.6) is 11.5 Å². The van der Waals surface area contributed by atoms with E-state index in [1.54, 1.807) is 23.1 Å².